The molecule has 1 atom stereocenters. The van der Waals surface area contributed by atoms with Gasteiger partial charge in [-0.15, -0.1) is 0 Å². The van der Waals surface area contributed by atoms with Crippen LogP contribution in [0.1, 0.15) is 24.3 Å². The van der Waals surface area contributed by atoms with Gasteiger partial charge < -0.3 is 14.5 Å². The van der Waals surface area contributed by atoms with Crippen LogP contribution in [0.2, 0.25) is 0 Å². The topological polar surface area (TPSA) is 34.4 Å². The standard InChI is InChI=1S/C14H14Br2FNO2/c1-3-18-14(11-4-5-13(16)20-11)8-6-9(15)10(17)7-12(8)19-2/h4-7,14,18H,3H2,1-2H3. The van der Waals surface area contributed by atoms with Gasteiger partial charge in [0.05, 0.1) is 17.6 Å². The first kappa shape index (κ1) is 15.5. The third-order valence-electron chi connectivity index (χ3n) is 2.87. The van der Waals surface area contributed by atoms with Crippen molar-refractivity contribution in [3.8, 4) is 5.75 Å². The van der Waals surface area contributed by atoms with Crippen LogP contribution in [-0.4, -0.2) is 13.7 Å². The fourth-order valence-corrected chi connectivity index (χ4v) is 2.68. The molecule has 20 heavy (non-hydrogen) atoms. The molecule has 1 aromatic carbocycles. The molecule has 0 bridgehead atoms. The Morgan fingerprint density at radius 1 is 1.35 bits per heavy atom. The van der Waals surface area contributed by atoms with Gasteiger partial charge >= 0.3 is 0 Å². The van der Waals surface area contributed by atoms with E-state index in [0.29, 0.717) is 14.9 Å². The van der Waals surface area contributed by atoms with Crippen LogP contribution in [0.25, 0.3) is 0 Å². The third kappa shape index (κ3) is 3.24. The molecule has 0 spiro atoms. The average molecular weight is 407 g/mol. The number of halogens is 3. The zero-order chi connectivity index (χ0) is 14.7. The Bertz CT molecular complexity index is 601. The van der Waals surface area contributed by atoms with Crippen LogP contribution in [0.15, 0.2) is 37.8 Å². The maximum atomic E-state index is 13.6. The SMILES string of the molecule is CCNC(c1ccc(Br)o1)c1cc(Br)c(F)cc1OC. The minimum atomic E-state index is -0.360. The number of benzene rings is 1. The van der Waals surface area contributed by atoms with E-state index in [1.165, 1.54) is 13.2 Å². The van der Waals surface area contributed by atoms with E-state index < -0.39 is 0 Å². The molecule has 0 aliphatic heterocycles. The van der Waals surface area contributed by atoms with Gasteiger partial charge in [0.1, 0.15) is 17.3 Å². The Hall–Kier alpha value is -0.850. The Balaban J connectivity index is 2.51. The zero-order valence-corrected chi connectivity index (χ0v) is 14.2. The van der Waals surface area contributed by atoms with Crippen LogP contribution in [0.4, 0.5) is 4.39 Å². The zero-order valence-electron chi connectivity index (χ0n) is 11.0. The molecule has 0 saturated heterocycles. The second-order valence-corrected chi connectivity index (χ2v) is 5.78. The summed E-state index contributed by atoms with van der Waals surface area (Å²) in [7, 11) is 1.52. The highest BCUT2D eigenvalue weighted by atomic mass is 79.9. The Morgan fingerprint density at radius 3 is 2.65 bits per heavy atom. The molecule has 2 aromatic rings. The van der Waals surface area contributed by atoms with Gasteiger partial charge in [-0.25, -0.2) is 4.39 Å². The highest BCUT2D eigenvalue weighted by molar-refractivity contribution is 9.10. The molecule has 1 aromatic heterocycles. The minimum Gasteiger partial charge on any atom is -0.496 e. The maximum Gasteiger partial charge on any atom is 0.169 e. The number of rotatable bonds is 5. The fraction of sp³-hybridized carbons (Fsp3) is 0.286. The van der Waals surface area contributed by atoms with Crippen molar-refractivity contribution in [1.82, 2.24) is 5.32 Å². The number of nitrogens with one attached hydrogen (secondary N) is 1. The number of hydrogen-bond donors (Lipinski definition) is 1. The molecular weight excluding hydrogens is 393 g/mol. The molecular formula is C14H14Br2FNO2. The van der Waals surface area contributed by atoms with Gasteiger partial charge in [0.25, 0.3) is 0 Å². The molecule has 0 aliphatic rings. The van der Waals surface area contributed by atoms with E-state index in [1.54, 1.807) is 6.07 Å². The van der Waals surface area contributed by atoms with Crippen LogP contribution in [0.3, 0.4) is 0 Å². The minimum absolute atomic E-state index is 0.210. The molecule has 6 heteroatoms. The highest BCUT2D eigenvalue weighted by Crippen LogP contribution is 2.35. The lowest BCUT2D eigenvalue weighted by Gasteiger charge is -2.19. The molecule has 1 unspecified atom stereocenters. The van der Waals surface area contributed by atoms with Gasteiger partial charge in [-0.1, -0.05) is 6.92 Å². The monoisotopic (exact) mass is 405 g/mol. The van der Waals surface area contributed by atoms with Gasteiger partial charge in [-0.2, -0.15) is 0 Å². The Labute approximate surface area is 133 Å². The number of ether oxygens (including phenoxy) is 1. The van der Waals surface area contributed by atoms with Crippen molar-refractivity contribution in [1.29, 1.82) is 0 Å². The van der Waals surface area contributed by atoms with Crippen LogP contribution in [0, 0.1) is 5.82 Å². The van der Waals surface area contributed by atoms with Crippen molar-refractivity contribution in [2.75, 3.05) is 13.7 Å². The first-order valence-corrected chi connectivity index (χ1v) is 7.67. The molecule has 1 N–H and O–H groups in total. The summed E-state index contributed by atoms with van der Waals surface area (Å²) >= 11 is 6.50. The lowest BCUT2D eigenvalue weighted by molar-refractivity contribution is 0.388. The molecule has 0 aliphatic carbocycles. The maximum absolute atomic E-state index is 13.6. The summed E-state index contributed by atoms with van der Waals surface area (Å²) in [5.41, 5.74) is 0.810. The van der Waals surface area contributed by atoms with Crippen molar-refractivity contribution in [2.45, 2.75) is 13.0 Å². The second kappa shape index (κ2) is 6.74. The molecule has 3 nitrogen and oxygen atoms in total. The van der Waals surface area contributed by atoms with Crippen LogP contribution < -0.4 is 10.1 Å². The predicted octanol–water partition coefficient (Wildman–Crippen LogP) is 4.65. The van der Waals surface area contributed by atoms with Gasteiger partial charge in [0.2, 0.25) is 0 Å². The third-order valence-corrected chi connectivity index (χ3v) is 3.90. The summed E-state index contributed by atoms with van der Waals surface area (Å²) < 4.78 is 25.6. The highest BCUT2D eigenvalue weighted by Gasteiger charge is 2.22. The van der Waals surface area contributed by atoms with E-state index in [2.05, 4.69) is 37.2 Å². The molecule has 0 radical (unpaired) electrons. The predicted molar refractivity (Wildman–Crippen MR) is 82.6 cm³/mol. The van der Waals surface area contributed by atoms with Crippen molar-refractivity contribution < 1.29 is 13.5 Å². The van der Waals surface area contributed by atoms with Crippen molar-refractivity contribution >= 4 is 31.9 Å². The van der Waals surface area contributed by atoms with Gasteiger partial charge in [-0.3, -0.25) is 0 Å². The van der Waals surface area contributed by atoms with E-state index in [-0.39, 0.29) is 11.9 Å². The van der Waals surface area contributed by atoms with Gasteiger partial charge in [0.15, 0.2) is 4.67 Å². The van der Waals surface area contributed by atoms with Crippen LogP contribution >= 0.6 is 31.9 Å². The van der Waals surface area contributed by atoms with Crippen molar-refractivity contribution in [2.24, 2.45) is 0 Å². The Kier molecular flexibility index (Phi) is 5.23. The van der Waals surface area contributed by atoms with Crippen LogP contribution in [-0.2, 0) is 0 Å². The smallest absolute Gasteiger partial charge is 0.169 e. The lowest BCUT2D eigenvalue weighted by atomic mass is 10.0. The summed E-state index contributed by atoms with van der Waals surface area (Å²) in [6.45, 7) is 2.73. The largest absolute Gasteiger partial charge is 0.496 e. The van der Waals surface area contributed by atoms with Crippen molar-refractivity contribution in [3.05, 3.63) is 50.5 Å². The molecule has 0 fully saturated rings. The van der Waals surface area contributed by atoms with Gasteiger partial charge in [0, 0.05) is 11.6 Å². The number of hydrogen-bond acceptors (Lipinski definition) is 3. The summed E-state index contributed by atoms with van der Waals surface area (Å²) in [5.74, 6) is 0.848. The first-order chi connectivity index (χ1) is 9.56. The summed E-state index contributed by atoms with van der Waals surface area (Å²) in [6.07, 6.45) is 0. The molecule has 108 valence electrons. The quantitative estimate of drug-likeness (QED) is 0.784. The summed E-state index contributed by atoms with van der Waals surface area (Å²) in [5, 5.41) is 3.31. The van der Waals surface area contributed by atoms with E-state index in [1.807, 2.05) is 19.1 Å². The van der Waals surface area contributed by atoms with E-state index >= 15 is 0 Å². The number of methoxy groups -OCH3 is 1. The number of furan rings is 1. The summed E-state index contributed by atoms with van der Waals surface area (Å²) in [4.78, 5) is 0. The van der Waals surface area contributed by atoms with Gasteiger partial charge in [-0.05, 0) is 56.6 Å². The molecule has 0 amide bonds. The normalized spacial score (nSPS) is 12.4. The molecule has 1 heterocycles. The average Bonchev–Trinajstić information content (AvgIpc) is 2.85. The second-order valence-electron chi connectivity index (χ2n) is 4.14. The van der Waals surface area contributed by atoms with Crippen molar-refractivity contribution in [3.63, 3.8) is 0 Å². The summed E-state index contributed by atoms with van der Waals surface area (Å²) in [6, 6.07) is 6.55. The molecule has 2 rings (SSSR count). The first-order valence-electron chi connectivity index (χ1n) is 6.08. The fourth-order valence-electron chi connectivity index (χ4n) is 2.00. The Morgan fingerprint density at radius 2 is 2.10 bits per heavy atom. The molecule has 0 saturated carbocycles. The van der Waals surface area contributed by atoms with Crippen LogP contribution in [0.5, 0.6) is 5.75 Å². The van der Waals surface area contributed by atoms with E-state index in [9.17, 15) is 4.39 Å². The van der Waals surface area contributed by atoms with E-state index in [4.69, 9.17) is 9.15 Å². The van der Waals surface area contributed by atoms with E-state index in [0.717, 1.165) is 17.9 Å². The lowest BCUT2D eigenvalue weighted by Crippen LogP contribution is -2.22.